The number of hydrogen-bond acceptors (Lipinski definition) is 4. The van der Waals surface area contributed by atoms with E-state index in [1.807, 2.05) is 24.3 Å². The van der Waals surface area contributed by atoms with Crippen LogP contribution in [0.3, 0.4) is 0 Å². The van der Waals surface area contributed by atoms with Crippen LogP contribution in [0.25, 0.3) is 0 Å². The fourth-order valence-corrected chi connectivity index (χ4v) is 4.66. The number of amides is 2. The van der Waals surface area contributed by atoms with Crippen molar-refractivity contribution in [3.05, 3.63) is 64.1 Å². The lowest BCUT2D eigenvalue weighted by atomic mass is 9.95. The van der Waals surface area contributed by atoms with Crippen LogP contribution in [0.5, 0.6) is 0 Å². The molecule has 0 spiro atoms. The Balaban J connectivity index is 1.43. The third-order valence-corrected chi connectivity index (χ3v) is 6.41. The molecule has 1 aliphatic heterocycles. The van der Waals surface area contributed by atoms with Crippen molar-refractivity contribution in [3.63, 3.8) is 0 Å². The highest BCUT2D eigenvalue weighted by Gasteiger charge is 2.19. The van der Waals surface area contributed by atoms with Gasteiger partial charge in [-0.2, -0.15) is 0 Å². The summed E-state index contributed by atoms with van der Waals surface area (Å²) >= 11 is 0. The predicted molar refractivity (Wildman–Crippen MR) is 125 cm³/mol. The standard InChI is InChI=1S/C25H32N4O3/c30-23(26-20-10-2-1-3-11-20)18-29-16-8-12-21(25(29)32)24(31)27-22-13-5-4-9-19(22)17-28-14-6-7-15-28/h4-5,8-9,12-13,16,20H,1-3,6-7,10-11,14-15,17-18H2,(H,26,30)(H,27,31). The molecule has 32 heavy (non-hydrogen) atoms. The lowest BCUT2D eigenvalue weighted by Gasteiger charge is -2.23. The molecule has 4 rings (SSSR count). The third kappa shape index (κ3) is 5.65. The topological polar surface area (TPSA) is 83.4 Å². The van der Waals surface area contributed by atoms with Crippen LogP contribution in [-0.2, 0) is 17.9 Å². The van der Waals surface area contributed by atoms with Crippen LogP contribution in [0.2, 0.25) is 0 Å². The molecule has 170 valence electrons. The van der Waals surface area contributed by atoms with E-state index in [1.165, 1.54) is 29.9 Å². The van der Waals surface area contributed by atoms with Crippen molar-refractivity contribution in [3.8, 4) is 0 Å². The van der Waals surface area contributed by atoms with Crippen LogP contribution in [0.15, 0.2) is 47.4 Å². The van der Waals surface area contributed by atoms with Gasteiger partial charge in [0.1, 0.15) is 12.1 Å². The van der Waals surface area contributed by atoms with Gasteiger partial charge >= 0.3 is 0 Å². The minimum atomic E-state index is -0.458. The Labute approximate surface area is 188 Å². The van der Waals surface area contributed by atoms with Crippen molar-refractivity contribution >= 4 is 17.5 Å². The van der Waals surface area contributed by atoms with Gasteiger partial charge in [-0.15, -0.1) is 0 Å². The van der Waals surface area contributed by atoms with Crippen LogP contribution in [0.1, 0.15) is 60.9 Å². The van der Waals surface area contributed by atoms with Gasteiger partial charge < -0.3 is 15.2 Å². The average molecular weight is 437 g/mol. The number of rotatable bonds is 7. The Bertz CT molecular complexity index is 1000. The molecule has 2 aliphatic rings. The summed E-state index contributed by atoms with van der Waals surface area (Å²) in [6, 6.07) is 11.0. The zero-order valence-electron chi connectivity index (χ0n) is 18.5. The van der Waals surface area contributed by atoms with Crippen molar-refractivity contribution in [2.75, 3.05) is 18.4 Å². The molecule has 0 bridgehead atoms. The Morgan fingerprint density at radius 3 is 2.47 bits per heavy atom. The molecule has 1 aromatic carbocycles. The molecule has 2 amide bonds. The first-order chi connectivity index (χ1) is 15.6. The van der Waals surface area contributed by atoms with E-state index in [-0.39, 0.29) is 24.1 Å². The molecule has 2 fully saturated rings. The van der Waals surface area contributed by atoms with Crippen LogP contribution >= 0.6 is 0 Å². The van der Waals surface area contributed by atoms with E-state index in [0.717, 1.165) is 50.9 Å². The minimum absolute atomic E-state index is 0.0361. The largest absolute Gasteiger partial charge is 0.352 e. The van der Waals surface area contributed by atoms with E-state index in [0.29, 0.717) is 5.69 Å². The molecule has 2 N–H and O–H groups in total. The SMILES string of the molecule is O=C(Cn1cccc(C(=O)Nc2ccccc2CN2CCCC2)c1=O)NC1CCCCC1. The first-order valence-electron chi connectivity index (χ1n) is 11.7. The number of anilines is 1. The highest BCUT2D eigenvalue weighted by molar-refractivity contribution is 6.04. The smallest absolute Gasteiger partial charge is 0.263 e. The predicted octanol–water partition coefficient (Wildman–Crippen LogP) is 3.15. The van der Waals surface area contributed by atoms with Crippen molar-refractivity contribution < 1.29 is 9.59 Å². The van der Waals surface area contributed by atoms with Gasteiger partial charge in [-0.25, -0.2) is 0 Å². The number of likely N-dealkylation sites (tertiary alicyclic amines) is 1. The molecule has 7 nitrogen and oxygen atoms in total. The van der Waals surface area contributed by atoms with E-state index >= 15 is 0 Å². The van der Waals surface area contributed by atoms with Gasteiger partial charge in [0.2, 0.25) is 5.91 Å². The zero-order chi connectivity index (χ0) is 22.3. The Morgan fingerprint density at radius 2 is 1.69 bits per heavy atom. The molecule has 0 radical (unpaired) electrons. The maximum Gasteiger partial charge on any atom is 0.263 e. The molecule has 2 aromatic rings. The van der Waals surface area contributed by atoms with Crippen molar-refractivity contribution in [1.29, 1.82) is 0 Å². The Kier molecular flexibility index (Phi) is 7.37. The van der Waals surface area contributed by atoms with Gasteiger partial charge in [0.05, 0.1) is 0 Å². The van der Waals surface area contributed by atoms with E-state index in [2.05, 4.69) is 15.5 Å². The fraction of sp³-hybridized carbons (Fsp3) is 0.480. The number of para-hydroxylation sites is 1. The molecule has 0 atom stereocenters. The molecule has 7 heteroatoms. The summed E-state index contributed by atoms with van der Waals surface area (Å²) in [5.41, 5.74) is 1.33. The van der Waals surface area contributed by atoms with Crippen LogP contribution in [-0.4, -0.2) is 40.4 Å². The van der Waals surface area contributed by atoms with Gasteiger partial charge in [0, 0.05) is 24.5 Å². The number of pyridine rings is 1. The maximum atomic E-state index is 12.9. The highest BCUT2D eigenvalue weighted by atomic mass is 16.2. The zero-order valence-corrected chi connectivity index (χ0v) is 18.5. The van der Waals surface area contributed by atoms with Gasteiger partial charge in [-0.05, 0) is 62.5 Å². The van der Waals surface area contributed by atoms with Gasteiger partial charge in [0.15, 0.2) is 0 Å². The Hall–Kier alpha value is -2.93. The maximum absolute atomic E-state index is 12.9. The average Bonchev–Trinajstić information content (AvgIpc) is 3.30. The fourth-order valence-electron chi connectivity index (χ4n) is 4.66. The summed E-state index contributed by atoms with van der Waals surface area (Å²) in [7, 11) is 0. The van der Waals surface area contributed by atoms with Crippen LogP contribution in [0.4, 0.5) is 5.69 Å². The number of hydrogen-bond donors (Lipinski definition) is 2. The second kappa shape index (κ2) is 10.6. The summed E-state index contributed by atoms with van der Waals surface area (Å²) < 4.78 is 1.31. The number of nitrogens with zero attached hydrogens (tertiary/aromatic N) is 2. The third-order valence-electron chi connectivity index (χ3n) is 6.41. The summed E-state index contributed by atoms with van der Waals surface area (Å²) in [5.74, 6) is -0.640. The molecular formula is C25H32N4O3. The quantitative estimate of drug-likeness (QED) is 0.699. The summed E-state index contributed by atoms with van der Waals surface area (Å²) in [4.78, 5) is 40.7. The van der Waals surface area contributed by atoms with Crippen molar-refractivity contribution in [1.82, 2.24) is 14.8 Å². The van der Waals surface area contributed by atoms with Crippen molar-refractivity contribution in [2.45, 2.75) is 64.1 Å². The van der Waals surface area contributed by atoms with Crippen molar-refractivity contribution in [2.24, 2.45) is 0 Å². The molecule has 1 saturated carbocycles. The van der Waals surface area contributed by atoms with Gasteiger partial charge in [-0.3, -0.25) is 19.3 Å². The Morgan fingerprint density at radius 1 is 0.938 bits per heavy atom. The summed E-state index contributed by atoms with van der Waals surface area (Å²) in [6.07, 6.45) is 9.39. The molecule has 2 heterocycles. The first-order valence-corrected chi connectivity index (χ1v) is 11.7. The van der Waals surface area contributed by atoms with E-state index in [4.69, 9.17) is 0 Å². The molecule has 1 saturated heterocycles. The lowest BCUT2D eigenvalue weighted by Crippen LogP contribution is -2.40. The van der Waals surface area contributed by atoms with Crippen LogP contribution < -0.4 is 16.2 Å². The molecule has 1 aromatic heterocycles. The summed E-state index contributed by atoms with van der Waals surface area (Å²) in [6.45, 7) is 2.82. The first kappa shape index (κ1) is 22.3. The van der Waals surface area contributed by atoms with Crippen LogP contribution in [0, 0.1) is 0 Å². The second-order valence-electron chi connectivity index (χ2n) is 8.85. The second-order valence-corrected chi connectivity index (χ2v) is 8.85. The summed E-state index contributed by atoms with van der Waals surface area (Å²) in [5, 5.41) is 5.93. The molecule has 1 aliphatic carbocycles. The lowest BCUT2D eigenvalue weighted by molar-refractivity contribution is -0.122. The number of aromatic nitrogens is 1. The van der Waals surface area contributed by atoms with Gasteiger partial charge in [-0.1, -0.05) is 37.5 Å². The molecular weight excluding hydrogens is 404 g/mol. The van der Waals surface area contributed by atoms with E-state index in [9.17, 15) is 14.4 Å². The van der Waals surface area contributed by atoms with Gasteiger partial charge in [0.25, 0.3) is 11.5 Å². The minimum Gasteiger partial charge on any atom is -0.352 e. The normalized spacial score (nSPS) is 17.2. The number of benzene rings is 1. The number of carbonyl (C=O) groups is 2. The number of carbonyl (C=O) groups excluding carboxylic acids is 2. The van der Waals surface area contributed by atoms with E-state index in [1.54, 1.807) is 12.3 Å². The highest BCUT2D eigenvalue weighted by Crippen LogP contribution is 2.20. The number of nitrogens with one attached hydrogen (secondary N) is 2. The van der Waals surface area contributed by atoms with E-state index < -0.39 is 11.5 Å². The molecule has 0 unspecified atom stereocenters. The monoisotopic (exact) mass is 436 g/mol.